The minimum atomic E-state index is -4.45. The molecule has 170 valence electrons. The van der Waals surface area contributed by atoms with Crippen LogP contribution in [0.4, 0.5) is 13.2 Å². The summed E-state index contributed by atoms with van der Waals surface area (Å²) >= 11 is 0. The van der Waals surface area contributed by atoms with Gasteiger partial charge in [0.05, 0.1) is 35.0 Å². The lowest BCUT2D eigenvalue weighted by atomic mass is 10.0. The van der Waals surface area contributed by atoms with Crippen LogP contribution in [0.25, 0.3) is 11.3 Å². The van der Waals surface area contributed by atoms with Crippen LogP contribution < -0.4 is 10.1 Å². The van der Waals surface area contributed by atoms with Gasteiger partial charge in [-0.1, -0.05) is 13.8 Å². The van der Waals surface area contributed by atoms with E-state index in [0.29, 0.717) is 11.3 Å². The fourth-order valence-corrected chi connectivity index (χ4v) is 2.90. The number of aromatic nitrogens is 3. The standard InChI is InChI=1S/C22H23F3N4O3/c1-13(2)19(12-30)27-20(31)14-10-17(18-8-9-29(3)28-18)21(26-11-14)32-16-6-4-15(5-7-16)22(23,24)25/h4-11,13,19,30H,12H2,1-3H3,(H,27,31)/t19-/m0/s1. The number of carbonyl (C=O) groups excluding carboxylic acids is 1. The van der Waals surface area contributed by atoms with E-state index in [0.717, 1.165) is 12.1 Å². The van der Waals surface area contributed by atoms with Crippen molar-refractivity contribution in [2.24, 2.45) is 13.0 Å². The topological polar surface area (TPSA) is 89.3 Å². The SMILES string of the molecule is CC(C)[C@H](CO)NC(=O)c1cnc(Oc2ccc(C(F)(F)F)cc2)c(-c2ccn(C)n2)c1. The number of benzene rings is 1. The van der Waals surface area contributed by atoms with Crippen molar-refractivity contribution in [2.75, 3.05) is 6.61 Å². The zero-order chi connectivity index (χ0) is 23.5. The molecule has 0 spiro atoms. The first-order chi connectivity index (χ1) is 15.1. The molecule has 2 heterocycles. The third kappa shape index (κ3) is 5.44. The van der Waals surface area contributed by atoms with E-state index in [4.69, 9.17) is 4.74 Å². The summed E-state index contributed by atoms with van der Waals surface area (Å²) in [6.07, 6.45) is -1.45. The van der Waals surface area contributed by atoms with E-state index >= 15 is 0 Å². The Morgan fingerprint density at radius 2 is 1.91 bits per heavy atom. The van der Waals surface area contributed by atoms with Crippen LogP contribution in [0.3, 0.4) is 0 Å². The number of pyridine rings is 1. The maximum absolute atomic E-state index is 12.8. The molecule has 0 unspecified atom stereocenters. The second kappa shape index (κ2) is 9.39. The largest absolute Gasteiger partial charge is 0.438 e. The van der Waals surface area contributed by atoms with Crippen LogP contribution in [0, 0.1) is 5.92 Å². The Bertz CT molecular complexity index is 1080. The van der Waals surface area contributed by atoms with Crippen LogP contribution >= 0.6 is 0 Å². The Balaban J connectivity index is 1.93. The third-order valence-electron chi connectivity index (χ3n) is 4.82. The van der Waals surface area contributed by atoms with Gasteiger partial charge in [-0.2, -0.15) is 18.3 Å². The van der Waals surface area contributed by atoms with Crippen molar-refractivity contribution in [3.63, 3.8) is 0 Å². The number of carbonyl (C=O) groups is 1. The van der Waals surface area contributed by atoms with E-state index in [1.165, 1.54) is 18.3 Å². The zero-order valence-electron chi connectivity index (χ0n) is 17.7. The van der Waals surface area contributed by atoms with Crippen LogP contribution in [-0.4, -0.2) is 38.4 Å². The van der Waals surface area contributed by atoms with Crippen molar-refractivity contribution >= 4 is 5.91 Å². The maximum atomic E-state index is 12.8. The van der Waals surface area contributed by atoms with Crippen molar-refractivity contribution in [2.45, 2.75) is 26.1 Å². The van der Waals surface area contributed by atoms with Gasteiger partial charge in [0, 0.05) is 19.4 Å². The summed E-state index contributed by atoms with van der Waals surface area (Å²) < 4.78 is 45.7. The summed E-state index contributed by atoms with van der Waals surface area (Å²) in [5.41, 5.74) is 0.297. The van der Waals surface area contributed by atoms with Gasteiger partial charge in [-0.25, -0.2) is 4.98 Å². The van der Waals surface area contributed by atoms with Gasteiger partial charge in [0.25, 0.3) is 5.91 Å². The van der Waals surface area contributed by atoms with E-state index < -0.39 is 23.7 Å². The quantitative estimate of drug-likeness (QED) is 0.570. The predicted octanol–water partition coefficient (Wildman–Crippen LogP) is 4.04. The molecule has 7 nitrogen and oxygen atoms in total. The lowest BCUT2D eigenvalue weighted by molar-refractivity contribution is -0.137. The molecular weight excluding hydrogens is 425 g/mol. The van der Waals surface area contributed by atoms with E-state index in [2.05, 4.69) is 15.4 Å². The highest BCUT2D eigenvalue weighted by Gasteiger charge is 2.30. The molecule has 1 atom stereocenters. The summed E-state index contributed by atoms with van der Waals surface area (Å²) in [7, 11) is 1.72. The number of aliphatic hydroxyl groups excluding tert-OH is 1. The Labute approximate surface area is 182 Å². The number of amides is 1. The second-order valence-electron chi connectivity index (χ2n) is 7.58. The minimum Gasteiger partial charge on any atom is -0.438 e. The van der Waals surface area contributed by atoms with Gasteiger partial charge in [0.1, 0.15) is 5.75 Å². The molecule has 0 aliphatic carbocycles. The Morgan fingerprint density at radius 1 is 1.22 bits per heavy atom. The van der Waals surface area contributed by atoms with Crippen LogP contribution in [0.15, 0.2) is 48.8 Å². The number of hydrogen-bond donors (Lipinski definition) is 2. The van der Waals surface area contributed by atoms with Gasteiger partial charge in [-0.3, -0.25) is 9.48 Å². The number of aliphatic hydroxyl groups is 1. The number of alkyl halides is 3. The monoisotopic (exact) mass is 448 g/mol. The van der Waals surface area contributed by atoms with E-state index in [-0.39, 0.29) is 29.7 Å². The average molecular weight is 448 g/mol. The van der Waals surface area contributed by atoms with Gasteiger partial charge in [-0.15, -0.1) is 0 Å². The number of rotatable bonds is 7. The van der Waals surface area contributed by atoms with Crippen molar-refractivity contribution in [1.29, 1.82) is 0 Å². The second-order valence-corrected chi connectivity index (χ2v) is 7.58. The van der Waals surface area contributed by atoms with Gasteiger partial charge in [0.15, 0.2) is 0 Å². The summed E-state index contributed by atoms with van der Waals surface area (Å²) in [6.45, 7) is 3.54. The molecule has 0 saturated heterocycles. The smallest absolute Gasteiger partial charge is 0.416 e. The molecule has 0 aliphatic rings. The van der Waals surface area contributed by atoms with Crippen LogP contribution in [0.1, 0.15) is 29.8 Å². The molecule has 0 aliphatic heterocycles. The number of hydrogen-bond acceptors (Lipinski definition) is 5. The number of aryl methyl sites for hydroxylation is 1. The normalized spacial score (nSPS) is 12.6. The molecule has 32 heavy (non-hydrogen) atoms. The molecular formula is C22H23F3N4O3. The summed E-state index contributed by atoms with van der Waals surface area (Å²) in [6, 6.07) is 7.03. The molecule has 0 radical (unpaired) electrons. The van der Waals surface area contributed by atoms with Gasteiger partial charge in [-0.05, 0) is 42.3 Å². The lowest BCUT2D eigenvalue weighted by Crippen LogP contribution is -2.41. The highest BCUT2D eigenvalue weighted by atomic mass is 19.4. The molecule has 2 N–H and O–H groups in total. The zero-order valence-corrected chi connectivity index (χ0v) is 17.7. The molecule has 2 aromatic heterocycles. The number of nitrogens with zero attached hydrogens (tertiary/aromatic N) is 3. The summed E-state index contributed by atoms with van der Waals surface area (Å²) in [4.78, 5) is 16.9. The number of ether oxygens (including phenoxy) is 1. The van der Waals surface area contributed by atoms with Crippen molar-refractivity contribution in [1.82, 2.24) is 20.1 Å². The highest BCUT2D eigenvalue weighted by molar-refractivity contribution is 5.95. The number of nitrogens with one attached hydrogen (secondary N) is 1. The molecule has 1 aromatic carbocycles. The van der Waals surface area contributed by atoms with Gasteiger partial charge < -0.3 is 15.2 Å². The van der Waals surface area contributed by atoms with E-state index in [9.17, 15) is 23.1 Å². The summed E-state index contributed by atoms with van der Waals surface area (Å²) in [5.74, 6) is -0.166. The third-order valence-corrected chi connectivity index (χ3v) is 4.82. The fourth-order valence-electron chi connectivity index (χ4n) is 2.90. The molecule has 0 saturated carbocycles. The maximum Gasteiger partial charge on any atom is 0.416 e. The van der Waals surface area contributed by atoms with Crippen molar-refractivity contribution in [3.8, 4) is 22.9 Å². The van der Waals surface area contributed by atoms with Crippen molar-refractivity contribution < 1.29 is 27.8 Å². The first-order valence-corrected chi connectivity index (χ1v) is 9.85. The van der Waals surface area contributed by atoms with Crippen LogP contribution in [0.2, 0.25) is 0 Å². The molecule has 1 amide bonds. The predicted molar refractivity (Wildman–Crippen MR) is 111 cm³/mol. The Morgan fingerprint density at radius 3 is 2.44 bits per heavy atom. The van der Waals surface area contributed by atoms with Gasteiger partial charge in [0.2, 0.25) is 5.88 Å². The van der Waals surface area contributed by atoms with E-state index in [1.807, 2.05) is 13.8 Å². The van der Waals surface area contributed by atoms with Crippen LogP contribution in [-0.2, 0) is 13.2 Å². The molecule has 0 fully saturated rings. The Hall–Kier alpha value is -3.40. The van der Waals surface area contributed by atoms with Crippen molar-refractivity contribution in [3.05, 3.63) is 59.9 Å². The molecule has 0 bridgehead atoms. The van der Waals surface area contributed by atoms with E-state index in [1.54, 1.807) is 30.1 Å². The fraction of sp³-hybridized carbons (Fsp3) is 0.318. The average Bonchev–Trinajstić information content (AvgIpc) is 3.17. The first kappa shape index (κ1) is 23.3. The molecule has 3 aromatic rings. The molecule has 10 heteroatoms. The highest BCUT2D eigenvalue weighted by Crippen LogP contribution is 2.34. The van der Waals surface area contributed by atoms with Crippen LogP contribution in [0.5, 0.6) is 11.6 Å². The number of halogens is 3. The molecule has 3 rings (SSSR count). The summed E-state index contributed by atoms with van der Waals surface area (Å²) in [5, 5.41) is 16.5. The Kier molecular flexibility index (Phi) is 6.83. The minimum absolute atomic E-state index is 0.0226. The van der Waals surface area contributed by atoms with Gasteiger partial charge >= 0.3 is 6.18 Å². The lowest BCUT2D eigenvalue weighted by Gasteiger charge is -2.20. The first-order valence-electron chi connectivity index (χ1n) is 9.85.